The van der Waals surface area contributed by atoms with Crippen molar-refractivity contribution in [2.45, 2.75) is 26.7 Å². The van der Waals surface area contributed by atoms with Gasteiger partial charge in [-0.25, -0.2) is 10.1 Å². The molecule has 0 atom stereocenters. The maximum absolute atomic E-state index is 13.3. The third kappa shape index (κ3) is 5.32. The third-order valence-electron chi connectivity index (χ3n) is 5.41. The Kier molecular flexibility index (Phi) is 8.19. The Balaban J connectivity index is 1.93. The van der Waals surface area contributed by atoms with Crippen molar-refractivity contribution in [1.82, 2.24) is 15.2 Å². The maximum atomic E-state index is 13.3. The fourth-order valence-corrected chi connectivity index (χ4v) is 3.67. The summed E-state index contributed by atoms with van der Waals surface area (Å²) >= 11 is 0. The minimum absolute atomic E-state index is 0.259. The molecule has 2 N–H and O–H groups in total. The van der Waals surface area contributed by atoms with Gasteiger partial charge in [-0.1, -0.05) is 13.3 Å². The molecule has 0 saturated heterocycles. The summed E-state index contributed by atoms with van der Waals surface area (Å²) in [4.78, 5) is 26.1. The molecule has 0 aliphatic carbocycles. The molecule has 0 spiro atoms. The second kappa shape index (κ2) is 11.3. The Morgan fingerprint density at radius 2 is 1.63 bits per heavy atom. The molecule has 0 saturated carbocycles. The summed E-state index contributed by atoms with van der Waals surface area (Å²) in [6.07, 6.45) is 1.46. The Labute approximate surface area is 203 Å². The molecule has 0 aliphatic rings. The lowest BCUT2D eigenvalue weighted by atomic mass is 10.1. The number of nitrogens with one attached hydrogen (secondary N) is 2. The number of H-pyrrole nitrogens is 1. The van der Waals surface area contributed by atoms with Crippen LogP contribution in [-0.2, 0) is 6.42 Å². The zero-order valence-electron chi connectivity index (χ0n) is 20.7. The molecule has 2 aromatic carbocycles. The van der Waals surface area contributed by atoms with Gasteiger partial charge in [-0.2, -0.15) is 5.10 Å². The molecule has 1 heterocycles. The number of carbonyl (C=O) groups excluding carboxylic acids is 1. The molecule has 1 aromatic heterocycles. The number of ether oxygens (including phenoxy) is 4. The molecule has 1 amide bonds. The predicted molar refractivity (Wildman–Crippen MR) is 133 cm³/mol. The Hall–Kier alpha value is -4.21. The van der Waals surface area contributed by atoms with E-state index in [1.165, 1.54) is 38.1 Å². The van der Waals surface area contributed by atoms with Gasteiger partial charge < -0.3 is 18.9 Å². The first-order valence-corrected chi connectivity index (χ1v) is 11.0. The second-order valence-electron chi connectivity index (χ2n) is 7.61. The molecular weight excluding hydrogens is 452 g/mol. The first kappa shape index (κ1) is 25.4. The highest BCUT2D eigenvalue weighted by molar-refractivity contribution is 6.01. The van der Waals surface area contributed by atoms with Crippen LogP contribution in [0.3, 0.4) is 0 Å². The van der Waals surface area contributed by atoms with Crippen LogP contribution in [0.15, 0.2) is 46.3 Å². The molecule has 10 nitrogen and oxygen atoms in total. The molecule has 0 aliphatic heterocycles. The predicted octanol–water partition coefficient (Wildman–Crippen LogP) is 3.31. The van der Waals surface area contributed by atoms with E-state index in [9.17, 15) is 9.59 Å². The van der Waals surface area contributed by atoms with Crippen molar-refractivity contribution in [2.24, 2.45) is 5.10 Å². The van der Waals surface area contributed by atoms with E-state index in [0.717, 1.165) is 12.1 Å². The number of aromatic nitrogens is 2. The molecular formula is C25H30N4O6. The molecule has 3 aromatic rings. The van der Waals surface area contributed by atoms with Gasteiger partial charge in [0, 0.05) is 11.3 Å². The number of hydrogen-bond donors (Lipinski definition) is 2. The molecule has 0 bridgehead atoms. The highest BCUT2D eigenvalue weighted by Gasteiger charge is 2.19. The zero-order chi connectivity index (χ0) is 25.5. The average Bonchev–Trinajstić information content (AvgIpc) is 3.21. The third-order valence-corrected chi connectivity index (χ3v) is 5.41. The van der Waals surface area contributed by atoms with E-state index in [1.54, 1.807) is 38.3 Å². The van der Waals surface area contributed by atoms with Crippen molar-refractivity contribution in [1.29, 1.82) is 0 Å². The van der Waals surface area contributed by atoms with Crippen LogP contribution >= 0.6 is 0 Å². The first-order chi connectivity index (χ1) is 16.9. The number of aryl methyl sites for hydroxylation is 1. The van der Waals surface area contributed by atoms with Crippen LogP contribution in [0.5, 0.6) is 23.0 Å². The van der Waals surface area contributed by atoms with E-state index in [4.69, 9.17) is 18.9 Å². The summed E-state index contributed by atoms with van der Waals surface area (Å²) < 4.78 is 22.6. The minimum Gasteiger partial charge on any atom is -0.497 e. The fraction of sp³-hybridized carbons (Fsp3) is 0.320. The molecule has 0 fully saturated rings. The summed E-state index contributed by atoms with van der Waals surface area (Å²) in [7, 11) is 6.00. The lowest BCUT2D eigenvalue weighted by Gasteiger charge is -2.13. The minimum atomic E-state index is -0.494. The van der Waals surface area contributed by atoms with Crippen LogP contribution < -0.4 is 29.9 Å². The Morgan fingerprint density at radius 1 is 1.00 bits per heavy atom. The Morgan fingerprint density at radius 3 is 2.14 bits per heavy atom. The van der Waals surface area contributed by atoms with Crippen molar-refractivity contribution in [3.63, 3.8) is 0 Å². The molecule has 0 unspecified atom stereocenters. The lowest BCUT2D eigenvalue weighted by molar-refractivity contribution is 0.0954. The molecule has 3 rings (SSSR count). The molecule has 10 heteroatoms. The van der Waals surface area contributed by atoms with E-state index in [0.29, 0.717) is 46.4 Å². The number of rotatable bonds is 10. The number of nitrogens with zero attached hydrogens (tertiary/aromatic N) is 2. The van der Waals surface area contributed by atoms with Crippen molar-refractivity contribution < 1.29 is 23.7 Å². The van der Waals surface area contributed by atoms with Crippen LogP contribution in [0.25, 0.3) is 5.69 Å². The topological polar surface area (TPSA) is 116 Å². The number of benzene rings is 2. The van der Waals surface area contributed by atoms with E-state index < -0.39 is 5.91 Å². The van der Waals surface area contributed by atoms with Crippen LogP contribution in [0.2, 0.25) is 0 Å². The standard InChI is InChI=1S/C25H30N4O6/c1-7-8-19-22(25(31)29(28-19)17-9-11-18(32-3)12-10-17)15(2)26-27-24(30)16-13-20(33-4)23(35-6)21(14-16)34-5/h9-14,28H,7-8H2,1-6H3,(H,27,30)/b26-15+. The average molecular weight is 483 g/mol. The summed E-state index contributed by atoms with van der Waals surface area (Å²) in [5.41, 5.74) is 4.69. The Bertz CT molecular complexity index is 1250. The number of aromatic amines is 1. The SMILES string of the molecule is CCCc1[nH]n(-c2ccc(OC)cc2)c(=O)c1/C(C)=N/NC(=O)c1cc(OC)c(OC)c(OC)c1. The van der Waals surface area contributed by atoms with Crippen molar-refractivity contribution in [2.75, 3.05) is 28.4 Å². The normalized spacial score (nSPS) is 11.2. The largest absolute Gasteiger partial charge is 0.497 e. The van der Waals surface area contributed by atoms with Gasteiger partial charge in [0.05, 0.1) is 45.4 Å². The van der Waals surface area contributed by atoms with E-state index in [-0.39, 0.29) is 11.1 Å². The number of hydrogen-bond acceptors (Lipinski definition) is 7. The summed E-state index contributed by atoms with van der Waals surface area (Å²) in [6, 6.07) is 10.2. The lowest BCUT2D eigenvalue weighted by Crippen LogP contribution is -2.23. The number of hydrazone groups is 1. The van der Waals surface area contributed by atoms with Gasteiger partial charge in [0.25, 0.3) is 11.5 Å². The molecule has 0 radical (unpaired) electrons. The van der Waals surface area contributed by atoms with Crippen LogP contribution in [0.4, 0.5) is 0 Å². The van der Waals surface area contributed by atoms with Gasteiger partial charge in [0.15, 0.2) is 11.5 Å². The van der Waals surface area contributed by atoms with Crippen molar-refractivity contribution in [3.8, 4) is 28.7 Å². The van der Waals surface area contributed by atoms with Crippen molar-refractivity contribution >= 4 is 11.6 Å². The monoisotopic (exact) mass is 482 g/mol. The summed E-state index contributed by atoms with van der Waals surface area (Å²) in [5.74, 6) is 1.26. The van der Waals surface area contributed by atoms with E-state index in [1.807, 2.05) is 6.92 Å². The van der Waals surface area contributed by atoms with Gasteiger partial charge in [-0.15, -0.1) is 0 Å². The maximum Gasteiger partial charge on any atom is 0.280 e. The van der Waals surface area contributed by atoms with Gasteiger partial charge in [-0.3, -0.25) is 14.7 Å². The van der Waals surface area contributed by atoms with E-state index >= 15 is 0 Å². The van der Waals surface area contributed by atoms with Gasteiger partial charge in [0.2, 0.25) is 5.75 Å². The van der Waals surface area contributed by atoms with Crippen LogP contribution in [0.1, 0.15) is 41.9 Å². The highest BCUT2D eigenvalue weighted by atomic mass is 16.5. The quantitative estimate of drug-likeness (QED) is 0.338. The van der Waals surface area contributed by atoms with Crippen LogP contribution in [0, 0.1) is 0 Å². The fourth-order valence-electron chi connectivity index (χ4n) is 3.67. The number of amides is 1. The van der Waals surface area contributed by atoms with E-state index in [2.05, 4.69) is 15.6 Å². The molecule has 35 heavy (non-hydrogen) atoms. The zero-order valence-corrected chi connectivity index (χ0v) is 20.7. The number of methoxy groups -OCH3 is 4. The molecule has 186 valence electrons. The van der Waals surface area contributed by atoms with Crippen molar-refractivity contribution in [3.05, 3.63) is 63.6 Å². The summed E-state index contributed by atoms with van der Waals surface area (Å²) in [5, 5.41) is 7.38. The van der Waals surface area contributed by atoms with Gasteiger partial charge in [0.1, 0.15) is 5.75 Å². The summed E-state index contributed by atoms with van der Waals surface area (Å²) in [6.45, 7) is 3.70. The first-order valence-electron chi connectivity index (χ1n) is 11.0. The second-order valence-corrected chi connectivity index (χ2v) is 7.61. The van der Waals surface area contributed by atoms with Gasteiger partial charge >= 0.3 is 0 Å². The number of carbonyl (C=O) groups is 1. The highest BCUT2D eigenvalue weighted by Crippen LogP contribution is 2.38. The van der Waals surface area contributed by atoms with Gasteiger partial charge in [-0.05, 0) is 49.7 Å². The smallest absolute Gasteiger partial charge is 0.280 e. The van der Waals surface area contributed by atoms with Crippen LogP contribution in [-0.4, -0.2) is 49.8 Å².